The Morgan fingerprint density at radius 3 is 2.76 bits per heavy atom. The van der Waals surface area contributed by atoms with Crippen LogP contribution in [0.25, 0.3) is 0 Å². The summed E-state index contributed by atoms with van der Waals surface area (Å²) in [5, 5.41) is -1.43. The zero-order chi connectivity index (χ0) is 13.1. The summed E-state index contributed by atoms with van der Waals surface area (Å²) in [6.45, 7) is 3.95. The monoisotopic (exact) mass is 282 g/mol. The second kappa shape index (κ2) is 6.08. The summed E-state index contributed by atoms with van der Waals surface area (Å²) in [4.78, 5) is 0. The fraction of sp³-hybridized carbons (Fsp3) is 0.800. The maximum atomic E-state index is 11.7. The van der Waals surface area contributed by atoms with E-state index in [1.165, 1.54) is 6.08 Å². The van der Waals surface area contributed by atoms with Gasteiger partial charge in [-0.1, -0.05) is 6.08 Å². The van der Waals surface area contributed by atoms with Gasteiger partial charge in [0.15, 0.2) is 20.9 Å². The van der Waals surface area contributed by atoms with Crippen molar-refractivity contribution in [2.75, 3.05) is 12.9 Å². The highest BCUT2D eigenvalue weighted by Gasteiger charge is 2.40. The number of hydrogen-bond donors (Lipinski definition) is 1. The molecule has 0 spiro atoms. The van der Waals surface area contributed by atoms with Gasteiger partial charge in [0.1, 0.15) is 0 Å². The van der Waals surface area contributed by atoms with Gasteiger partial charge in [0.05, 0.1) is 16.6 Å². The van der Waals surface area contributed by atoms with Crippen molar-refractivity contribution in [1.29, 1.82) is 0 Å². The van der Waals surface area contributed by atoms with E-state index in [9.17, 15) is 17.2 Å². The second-order valence-corrected chi connectivity index (χ2v) is 7.61. The van der Waals surface area contributed by atoms with E-state index in [4.69, 9.17) is 4.74 Å². The first-order chi connectivity index (χ1) is 7.88. The molecule has 0 radical (unpaired) electrons. The Morgan fingerprint density at radius 1 is 1.65 bits per heavy atom. The van der Waals surface area contributed by atoms with E-state index in [1.807, 2.05) is 0 Å². The van der Waals surface area contributed by atoms with Crippen molar-refractivity contribution in [3.05, 3.63) is 12.7 Å². The van der Waals surface area contributed by atoms with E-state index in [0.29, 0.717) is 19.4 Å². The molecule has 0 saturated carbocycles. The number of rotatable bonds is 5. The van der Waals surface area contributed by atoms with Crippen molar-refractivity contribution in [2.24, 2.45) is 0 Å². The van der Waals surface area contributed by atoms with Gasteiger partial charge in [-0.3, -0.25) is 0 Å². The van der Waals surface area contributed by atoms with E-state index in [0.717, 1.165) is 6.26 Å². The Hall–Kier alpha value is -0.240. The lowest BCUT2D eigenvalue weighted by Gasteiger charge is -2.33. The summed E-state index contributed by atoms with van der Waals surface area (Å²) < 4.78 is 49.2. The third-order valence-corrected chi connectivity index (χ3v) is 5.47. The molecule has 1 N–H and O–H groups in total. The van der Waals surface area contributed by atoms with Crippen molar-refractivity contribution in [3.8, 4) is 0 Å². The lowest BCUT2D eigenvalue weighted by Crippen LogP contribution is -2.47. The predicted molar refractivity (Wildman–Crippen MR) is 67.0 cm³/mol. The van der Waals surface area contributed by atoms with Gasteiger partial charge in [-0.15, -0.1) is 6.58 Å². The lowest BCUT2D eigenvalue weighted by atomic mass is 10.0. The van der Waals surface area contributed by atoms with Crippen LogP contribution in [0.2, 0.25) is 0 Å². The largest absolute Gasteiger partial charge is 0.376 e. The second-order valence-electron chi connectivity index (χ2n) is 4.18. The van der Waals surface area contributed by atoms with Gasteiger partial charge in [0.25, 0.3) is 0 Å². The molecule has 0 aromatic rings. The summed E-state index contributed by atoms with van der Waals surface area (Å²) >= 11 is -2.06. The maximum Gasteiger partial charge on any atom is 0.158 e. The molecule has 0 aromatic heterocycles. The molecule has 0 amide bonds. The minimum Gasteiger partial charge on any atom is -0.376 e. The first kappa shape index (κ1) is 14.8. The summed E-state index contributed by atoms with van der Waals surface area (Å²) in [6.07, 6.45) is 3.33. The highest BCUT2D eigenvalue weighted by molar-refractivity contribution is 7.91. The van der Waals surface area contributed by atoms with Crippen LogP contribution in [0.15, 0.2) is 12.7 Å². The molecule has 5 nitrogen and oxygen atoms in total. The van der Waals surface area contributed by atoms with Crippen molar-refractivity contribution < 1.29 is 21.9 Å². The van der Waals surface area contributed by atoms with E-state index in [-0.39, 0.29) is 6.42 Å². The third-order valence-electron chi connectivity index (χ3n) is 2.88. The molecule has 17 heavy (non-hydrogen) atoms. The molecule has 100 valence electrons. The number of hydrogen-bond acceptors (Lipinski definition) is 4. The van der Waals surface area contributed by atoms with E-state index in [2.05, 4.69) is 6.58 Å². The Morgan fingerprint density at radius 2 is 2.29 bits per heavy atom. The molecule has 0 aliphatic carbocycles. The minimum atomic E-state index is -3.33. The minimum absolute atomic E-state index is 0.233. The van der Waals surface area contributed by atoms with Gasteiger partial charge in [0.2, 0.25) is 0 Å². The average Bonchev–Trinajstić information content (AvgIpc) is 2.24. The van der Waals surface area contributed by atoms with E-state index in [1.54, 1.807) is 0 Å². The normalized spacial score (nSPS) is 29.5. The van der Waals surface area contributed by atoms with E-state index >= 15 is 0 Å². The number of allylic oxidation sites excluding steroid dienone is 1. The predicted octanol–water partition coefficient (Wildman–Crippen LogP) is 0.745. The first-order valence-corrected chi connectivity index (χ1v) is 8.51. The van der Waals surface area contributed by atoms with Gasteiger partial charge < -0.3 is 9.29 Å². The molecule has 1 aliphatic heterocycles. The Labute approximate surface area is 104 Å². The first-order valence-electron chi connectivity index (χ1n) is 5.39. The highest BCUT2D eigenvalue weighted by Crippen LogP contribution is 2.26. The average molecular weight is 282 g/mol. The van der Waals surface area contributed by atoms with Crippen LogP contribution in [-0.4, -0.2) is 46.6 Å². The summed E-state index contributed by atoms with van der Waals surface area (Å²) in [5.74, 6) is 0. The molecule has 2 unspecified atom stereocenters. The van der Waals surface area contributed by atoms with Crippen LogP contribution in [-0.2, 0) is 25.7 Å². The van der Waals surface area contributed by atoms with Crippen LogP contribution in [0.5, 0.6) is 0 Å². The molecule has 1 saturated heterocycles. The Bertz CT molecular complexity index is 390. The molecule has 1 rings (SSSR count). The van der Waals surface area contributed by atoms with Crippen molar-refractivity contribution >= 4 is 20.9 Å². The molecular weight excluding hydrogens is 264 g/mol. The lowest BCUT2D eigenvalue weighted by molar-refractivity contribution is 0.0169. The molecule has 0 bridgehead atoms. The topological polar surface area (TPSA) is 80.7 Å². The van der Waals surface area contributed by atoms with E-state index < -0.39 is 37.5 Å². The van der Waals surface area contributed by atoms with Crippen LogP contribution in [0.4, 0.5) is 0 Å². The summed E-state index contributed by atoms with van der Waals surface area (Å²) in [6, 6.07) is 0. The molecule has 0 aromatic carbocycles. The van der Waals surface area contributed by atoms with Gasteiger partial charge in [0, 0.05) is 12.9 Å². The fourth-order valence-corrected chi connectivity index (χ4v) is 4.26. The van der Waals surface area contributed by atoms with Crippen LogP contribution in [0.1, 0.15) is 19.3 Å². The quantitative estimate of drug-likeness (QED) is 0.594. The Kier molecular flexibility index (Phi) is 5.30. The standard InChI is InChI=1S/C10H18O5S2/c1-3-5-9(17(2,13)14)10-8(16(11)12)6-4-7-15-10/h3,8-10H,1,4-7H2,2H3,(H,11,12)/t8-,9?,10-/m1/s1. The molecule has 1 aliphatic rings. The zero-order valence-electron chi connectivity index (χ0n) is 9.74. The van der Waals surface area contributed by atoms with Gasteiger partial charge in [-0.05, 0) is 19.3 Å². The smallest absolute Gasteiger partial charge is 0.158 e. The molecule has 1 heterocycles. The molecular formula is C10H18O5S2. The van der Waals surface area contributed by atoms with Crippen LogP contribution in [0, 0.1) is 0 Å². The van der Waals surface area contributed by atoms with Gasteiger partial charge in [-0.25, -0.2) is 12.6 Å². The Balaban J connectivity index is 2.98. The zero-order valence-corrected chi connectivity index (χ0v) is 11.4. The van der Waals surface area contributed by atoms with Crippen molar-refractivity contribution in [3.63, 3.8) is 0 Å². The summed E-state index contributed by atoms with van der Waals surface area (Å²) in [5.41, 5.74) is 0. The van der Waals surface area contributed by atoms with Gasteiger partial charge in [-0.2, -0.15) is 0 Å². The number of ether oxygens (including phenoxy) is 1. The summed E-state index contributed by atoms with van der Waals surface area (Å²) in [7, 11) is -3.33. The highest BCUT2D eigenvalue weighted by atomic mass is 32.2. The SMILES string of the molecule is C=CCC([C@@H]1OCCC[C@H]1S(=O)O)S(C)(=O)=O. The molecule has 1 fully saturated rings. The maximum absolute atomic E-state index is 11.7. The van der Waals surface area contributed by atoms with Crippen LogP contribution in [0.3, 0.4) is 0 Å². The van der Waals surface area contributed by atoms with Crippen molar-refractivity contribution in [1.82, 2.24) is 0 Å². The number of sulfone groups is 1. The van der Waals surface area contributed by atoms with Crippen molar-refractivity contribution in [2.45, 2.75) is 35.9 Å². The van der Waals surface area contributed by atoms with Gasteiger partial charge >= 0.3 is 0 Å². The fourth-order valence-electron chi connectivity index (χ4n) is 2.05. The third kappa shape index (κ3) is 3.87. The molecule has 4 atom stereocenters. The molecule has 7 heteroatoms. The van der Waals surface area contributed by atoms with Crippen LogP contribution >= 0.6 is 0 Å². The van der Waals surface area contributed by atoms with Crippen LogP contribution < -0.4 is 0 Å².